The fraction of sp³-hybridized carbons (Fsp3) is 0.167. The predicted octanol–water partition coefficient (Wildman–Crippen LogP) is 1.19. The van der Waals surface area contributed by atoms with Gasteiger partial charge in [-0.1, -0.05) is 0 Å². The number of rotatable bonds is 4. The second-order valence-corrected chi connectivity index (χ2v) is 3.45. The second kappa shape index (κ2) is 5.03. The van der Waals surface area contributed by atoms with Crippen LogP contribution in [0.2, 0.25) is 0 Å². The van der Waals surface area contributed by atoms with Crippen LogP contribution in [0.5, 0.6) is 5.75 Å². The summed E-state index contributed by atoms with van der Waals surface area (Å²) >= 11 is 0. The molecule has 86 valence electrons. The lowest BCUT2D eigenvalue weighted by Crippen LogP contribution is -2.28. The first-order chi connectivity index (χ1) is 8.29. The monoisotopic (exact) mass is 229 g/mol. The number of aromatic amines is 1. The molecule has 5 nitrogen and oxygen atoms in total. The summed E-state index contributed by atoms with van der Waals surface area (Å²) in [4.78, 5) is 14.3. The number of fused-ring (bicyclic) bond motifs is 1. The van der Waals surface area contributed by atoms with E-state index in [1.54, 1.807) is 6.07 Å². The molecule has 2 N–H and O–H groups in total. The van der Waals surface area contributed by atoms with Crippen molar-refractivity contribution in [3.05, 3.63) is 30.5 Å². The highest BCUT2D eigenvalue weighted by atomic mass is 16.5. The average molecular weight is 229 g/mol. The number of benzene rings is 1. The fourth-order valence-electron chi connectivity index (χ4n) is 1.46. The van der Waals surface area contributed by atoms with Crippen molar-refractivity contribution in [3.8, 4) is 11.8 Å². The summed E-state index contributed by atoms with van der Waals surface area (Å²) in [5, 5.41) is 11.7. The fourth-order valence-corrected chi connectivity index (χ4v) is 1.46. The maximum atomic E-state index is 11.2. The maximum absolute atomic E-state index is 11.2. The van der Waals surface area contributed by atoms with E-state index in [9.17, 15) is 4.79 Å². The molecule has 1 aromatic carbocycles. The number of nitrogens with zero attached hydrogens (tertiary/aromatic N) is 1. The molecule has 0 unspecified atom stereocenters. The third-order valence-electron chi connectivity index (χ3n) is 2.26. The lowest BCUT2D eigenvalue weighted by molar-refractivity contribution is -0.122. The Kier molecular flexibility index (Phi) is 3.26. The number of nitriles is 1. The number of carbonyl (C=O) groups is 1. The van der Waals surface area contributed by atoms with E-state index in [0.29, 0.717) is 5.75 Å². The van der Waals surface area contributed by atoms with E-state index >= 15 is 0 Å². The third-order valence-corrected chi connectivity index (χ3v) is 2.26. The Labute approximate surface area is 98.0 Å². The molecule has 0 atom stereocenters. The van der Waals surface area contributed by atoms with Gasteiger partial charge in [0.25, 0.3) is 5.91 Å². The highest BCUT2D eigenvalue weighted by molar-refractivity contribution is 5.81. The van der Waals surface area contributed by atoms with Crippen molar-refractivity contribution in [2.24, 2.45) is 0 Å². The molecule has 0 fully saturated rings. The molecule has 2 aromatic rings. The molecule has 1 amide bonds. The zero-order valence-electron chi connectivity index (χ0n) is 9.06. The van der Waals surface area contributed by atoms with E-state index in [-0.39, 0.29) is 19.1 Å². The molecule has 0 bridgehead atoms. The Hall–Kier alpha value is -2.48. The van der Waals surface area contributed by atoms with E-state index in [0.717, 1.165) is 10.9 Å². The summed E-state index contributed by atoms with van der Waals surface area (Å²) in [5.74, 6) is 0.324. The first-order valence-electron chi connectivity index (χ1n) is 5.13. The van der Waals surface area contributed by atoms with Crippen LogP contribution in [0.1, 0.15) is 0 Å². The zero-order valence-corrected chi connectivity index (χ0v) is 9.06. The SMILES string of the molecule is N#CCNC(=O)COc1ccc2[nH]ccc2c1. The van der Waals surface area contributed by atoms with E-state index in [4.69, 9.17) is 10.00 Å². The Morgan fingerprint density at radius 2 is 2.35 bits per heavy atom. The molecule has 17 heavy (non-hydrogen) atoms. The van der Waals surface area contributed by atoms with Crippen LogP contribution in [0.25, 0.3) is 10.9 Å². The number of hydrogen-bond acceptors (Lipinski definition) is 3. The summed E-state index contributed by atoms with van der Waals surface area (Å²) in [7, 11) is 0. The minimum absolute atomic E-state index is 0.000953. The topological polar surface area (TPSA) is 77.9 Å². The van der Waals surface area contributed by atoms with Crippen molar-refractivity contribution in [2.75, 3.05) is 13.2 Å². The van der Waals surface area contributed by atoms with Gasteiger partial charge in [-0.05, 0) is 24.3 Å². The summed E-state index contributed by atoms with van der Waals surface area (Å²) in [6, 6.07) is 9.28. The van der Waals surface area contributed by atoms with Crippen molar-refractivity contribution in [3.63, 3.8) is 0 Å². The number of hydrogen-bond donors (Lipinski definition) is 2. The molecule has 0 radical (unpaired) electrons. The number of H-pyrrole nitrogens is 1. The van der Waals surface area contributed by atoms with Crippen molar-refractivity contribution in [2.45, 2.75) is 0 Å². The van der Waals surface area contributed by atoms with Gasteiger partial charge in [0.1, 0.15) is 12.3 Å². The summed E-state index contributed by atoms with van der Waals surface area (Å²) in [6.07, 6.45) is 1.84. The van der Waals surface area contributed by atoms with Crippen LogP contribution in [0, 0.1) is 11.3 Å². The van der Waals surface area contributed by atoms with Gasteiger partial charge in [0, 0.05) is 17.1 Å². The van der Waals surface area contributed by atoms with E-state index in [2.05, 4.69) is 10.3 Å². The lowest BCUT2D eigenvalue weighted by atomic mass is 10.2. The Balaban J connectivity index is 1.94. The van der Waals surface area contributed by atoms with Gasteiger partial charge in [0.15, 0.2) is 6.61 Å². The molecule has 0 spiro atoms. The summed E-state index contributed by atoms with van der Waals surface area (Å²) < 4.78 is 5.31. The molecule has 0 aliphatic carbocycles. The standard InChI is InChI=1S/C12H11N3O2/c13-4-6-15-12(16)8-17-10-1-2-11-9(7-10)3-5-14-11/h1-3,5,7,14H,6,8H2,(H,15,16). The van der Waals surface area contributed by atoms with Crippen LogP contribution >= 0.6 is 0 Å². The smallest absolute Gasteiger partial charge is 0.258 e. The Bertz CT molecular complexity index is 568. The number of ether oxygens (including phenoxy) is 1. The molecule has 1 aromatic heterocycles. The third kappa shape index (κ3) is 2.75. The van der Waals surface area contributed by atoms with Crippen LogP contribution in [0.4, 0.5) is 0 Å². The normalized spacial score (nSPS) is 9.82. The molecular formula is C12H11N3O2. The first-order valence-corrected chi connectivity index (χ1v) is 5.13. The van der Waals surface area contributed by atoms with Gasteiger partial charge in [0.2, 0.25) is 0 Å². The van der Waals surface area contributed by atoms with Crippen LogP contribution < -0.4 is 10.1 Å². The number of aromatic nitrogens is 1. The molecule has 5 heteroatoms. The molecule has 2 rings (SSSR count). The van der Waals surface area contributed by atoms with Gasteiger partial charge in [-0.25, -0.2) is 0 Å². The van der Waals surface area contributed by atoms with Gasteiger partial charge in [0.05, 0.1) is 6.07 Å². The van der Waals surface area contributed by atoms with Gasteiger partial charge in [-0.3, -0.25) is 4.79 Å². The molecule has 0 saturated heterocycles. The maximum Gasteiger partial charge on any atom is 0.258 e. The van der Waals surface area contributed by atoms with Crippen LogP contribution in [0.15, 0.2) is 30.5 Å². The number of amides is 1. The average Bonchev–Trinajstić information content (AvgIpc) is 2.81. The minimum Gasteiger partial charge on any atom is -0.484 e. The van der Waals surface area contributed by atoms with Crippen molar-refractivity contribution >= 4 is 16.8 Å². The molecule has 0 aliphatic rings. The summed E-state index contributed by atoms with van der Waals surface area (Å²) in [5.41, 5.74) is 1.02. The molecular weight excluding hydrogens is 218 g/mol. The predicted molar refractivity (Wildman–Crippen MR) is 62.4 cm³/mol. The number of carbonyl (C=O) groups excluding carboxylic acids is 1. The largest absolute Gasteiger partial charge is 0.484 e. The first kappa shape index (κ1) is 11.0. The Morgan fingerprint density at radius 3 is 3.18 bits per heavy atom. The van der Waals surface area contributed by atoms with Gasteiger partial charge in [-0.15, -0.1) is 0 Å². The zero-order chi connectivity index (χ0) is 12.1. The number of nitrogens with one attached hydrogen (secondary N) is 2. The highest BCUT2D eigenvalue weighted by Gasteiger charge is 2.02. The van der Waals surface area contributed by atoms with Crippen LogP contribution in [0.3, 0.4) is 0 Å². The minimum atomic E-state index is -0.305. The van der Waals surface area contributed by atoms with Gasteiger partial charge in [-0.2, -0.15) is 5.26 Å². The molecule has 0 aliphatic heterocycles. The van der Waals surface area contributed by atoms with Gasteiger partial charge < -0.3 is 15.0 Å². The second-order valence-electron chi connectivity index (χ2n) is 3.45. The van der Waals surface area contributed by atoms with Crippen molar-refractivity contribution in [1.82, 2.24) is 10.3 Å². The van der Waals surface area contributed by atoms with Crippen molar-refractivity contribution < 1.29 is 9.53 Å². The van der Waals surface area contributed by atoms with Crippen molar-refractivity contribution in [1.29, 1.82) is 5.26 Å². The lowest BCUT2D eigenvalue weighted by Gasteiger charge is -2.05. The quantitative estimate of drug-likeness (QED) is 0.773. The van der Waals surface area contributed by atoms with Crippen LogP contribution in [-0.4, -0.2) is 24.0 Å². The Morgan fingerprint density at radius 1 is 1.47 bits per heavy atom. The molecule has 0 saturated carbocycles. The summed E-state index contributed by atoms with van der Waals surface area (Å²) in [6.45, 7) is -0.0867. The van der Waals surface area contributed by atoms with Gasteiger partial charge >= 0.3 is 0 Å². The van der Waals surface area contributed by atoms with E-state index in [1.807, 2.05) is 30.5 Å². The van der Waals surface area contributed by atoms with Crippen LogP contribution in [-0.2, 0) is 4.79 Å². The van der Waals surface area contributed by atoms with E-state index in [1.165, 1.54) is 0 Å². The van der Waals surface area contributed by atoms with E-state index < -0.39 is 0 Å². The molecule has 1 heterocycles. The highest BCUT2D eigenvalue weighted by Crippen LogP contribution is 2.19.